The number of hydrogen-bond acceptors (Lipinski definition) is 3. The number of rotatable bonds is 11. The molecule has 1 N–H and O–H groups in total. The van der Waals surface area contributed by atoms with Gasteiger partial charge in [-0.1, -0.05) is 72.9 Å². The predicted octanol–water partition coefficient (Wildman–Crippen LogP) is 6.26. The number of hydrogen-bond donors (Lipinski definition) is 1. The summed E-state index contributed by atoms with van der Waals surface area (Å²) in [7, 11) is 0. The monoisotopic (exact) mass is 494 g/mol. The van der Waals surface area contributed by atoms with Gasteiger partial charge >= 0.3 is 0 Å². The molecule has 2 aromatic carbocycles. The number of nitrogens with one attached hydrogen (secondary N) is 1. The number of thioether (sulfide) groups is 1. The normalized spacial score (nSPS) is 12.8. The van der Waals surface area contributed by atoms with E-state index in [2.05, 4.69) is 30.4 Å². The van der Waals surface area contributed by atoms with Crippen LogP contribution in [-0.2, 0) is 21.9 Å². The average molecular weight is 496 g/mol. The lowest BCUT2D eigenvalue weighted by molar-refractivity contribution is -0.139. The largest absolute Gasteiger partial charge is 0.352 e. The SMILES string of the molecule is CC[C@H](C)NC(=O)[C@H](CC)N(Cc1ccc(Cl)cc1Cl)C(=O)CSCc1cccc(C)c1. The summed E-state index contributed by atoms with van der Waals surface area (Å²) in [5.41, 5.74) is 3.14. The molecule has 0 saturated carbocycles. The van der Waals surface area contributed by atoms with Crippen molar-refractivity contribution < 1.29 is 9.59 Å². The fourth-order valence-electron chi connectivity index (χ4n) is 3.34. The van der Waals surface area contributed by atoms with Crippen LogP contribution in [0.3, 0.4) is 0 Å². The van der Waals surface area contributed by atoms with Crippen molar-refractivity contribution >= 4 is 46.8 Å². The number of halogens is 2. The van der Waals surface area contributed by atoms with E-state index in [1.165, 1.54) is 11.1 Å². The molecule has 174 valence electrons. The van der Waals surface area contributed by atoms with Crippen LogP contribution in [0, 0.1) is 6.92 Å². The third-order valence-electron chi connectivity index (χ3n) is 5.32. The second-order valence-electron chi connectivity index (χ2n) is 7.98. The van der Waals surface area contributed by atoms with Gasteiger partial charge in [0, 0.05) is 28.4 Å². The fourth-order valence-corrected chi connectivity index (χ4v) is 4.66. The van der Waals surface area contributed by atoms with Gasteiger partial charge in [-0.2, -0.15) is 0 Å². The Balaban J connectivity index is 2.18. The van der Waals surface area contributed by atoms with Crippen molar-refractivity contribution in [1.29, 1.82) is 0 Å². The van der Waals surface area contributed by atoms with Crippen LogP contribution >= 0.6 is 35.0 Å². The van der Waals surface area contributed by atoms with E-state index in [1.807, 2.05) is 32.9 Å². The summed E-state index contributed by atoms with van der Waals surface area (Å²) in [6.07, 6.45) is 1.34. The number of amides is 2. The summed E-state index contributed by atoms with van der Waals surface area (Å²) in [4.78, 5) is 27.9. The van der Waals surface area contributed by atoms with Gasteiger partial charge in [-0.3, -0.25) is 9.59 Å². The van der Waals surface area contributed by atoms with Crippen LogP contribution in [0.2, 0.25) is 10.0 Å². The molecule has 0 fully saturated rings. The van der Waals surface area contributed by atoms with Gasteiger partial charge in [0.15, 0.2) is 0 Å². The Morgan fingerprint density at radius 3 is 2.47 bits per heavy atom. The Labute approximate surface area is 206 Å². The van der Waals surface area contributed by atoms with E-state index in [1.54, 1.807) is 28.8 Å². The van der Waals surface area contributed by atoms with Crippen LogP contribution < -0.4 is 5.32 Å². The molecule has 2 rings (SSSR count). The lowest BCUT2D eigenvalue weighted by atomic mass is 10.1. The van der Waals surface area contributed by atoms with E-state index in [-0.39, 0.29) is 30.2 Å². The minimum atomic E-state index is -0.567. The first-order valence-electron chi connectivity index (χ1n) is 10.9. The summed E-state index contributed by atoms with van der Waals surface area (Å²) in [5, 5.41) is 4.04. The van der Waals surface area contributed by atoms with Crippen LogP contribution in [0.1, 0.15) is 50.3 Å². The first-order chi connectivity index (χ1) is 15.2. The fraction of sp³-hybridized carbons (Fsp3) is 0.440. The minimum absolute atomic E-state index is 0.0447. The lowest BCUT2D eigenvalue weighted by Gasteiger charge is -2.31. The maximum Gasteiger partial charge on any atom is 0.243 e. The highest BCUT2D eigenvalue weighted by Gasteiger charge is 2.29. The zero-order valence-electron chi connectivity index (χ0n) is 19.2. The highest BCUT2D eigenvalue weighted by Crippen LogP contribution is 2.24. The number of nitrogens with zero attached hydrogens (tertiary/aromatic N) is 1. The van der Waals surface area contributed by atoms with Gasteiger partial charge in [-0.15, -0.1) is 11.8 Å². The number of aryl methyl sites for hydroxylation is 1. The molecule has 0 aliphatic rings. The van der Waals surface area contributed by atoms with E-state index < -0.39 is 6.04 Å². The van der Waals surface area contributed by atoms with Crippen molar-refractivity contribution in [2.45, 2.75) is 64.9 Å². The highest BCUT2D eigenvalue weighted by molar-refractivity contribution is 7.99. The van der Waals surface area contributed by atoms with Crippen LogP contribution in [0.15, 0.2) is 42.5 Å². The van der Waals surface area contributed by atoms with Crippen molar-refractivity contribution in [3.8, 4) is 0 Å². The van der Waals surface area contributed by atoms with Gasteiger partial charge in [0.2, 0.25) is 11.8 Å². The van der Waals surface area contributed by atoms with Gasteiger partial charge in [-0.05, 0) is 49.9 Å². The highest BCUT2D eigenvalue weighted by atomic mass is 35.5. The molecule has 0 radical (unpaired) electrons. The second-order valence-corrected chi connectivity index (χ2v) is 9.81. The van der Waals surface area contributed by atoms with Gasteiger partial charge in [0.05, 0.1) is 5.75 Å². The molecule has 0 spiro atoms. The Bertz CT molecular complexity index is 923. The maximum absolute atomic E-state index is 13.3. The van der Waals surface area contributed by atoms with Crippen molar-refractivity contribution in [3.05, 3.63) is 69.2 Å². The first kappa shape index (κ1) is 26.6. The van der Waals surface area contributed by atoms with E-state index in [0.717, 1.165) is 17.7 Å². The average Bonchev–Trinajstić information content (AvgIpc) is 2.74. The van der Waals surface area contributed by atoms with Crippen LogP contribution in [-0.4, -0.2) is 34.6 Å². The third-order valence-corrected chi connectivity index (χ3v) is 6.89. The topological polar surface area (TPSA) is 49.4 Å². The molecule has 2 aromatic rings. The van der Waals surface area contributed by atoms with E-state index in [0.29, 0.717) is 16.5 Å². The molecule has 0 aromatic heterocycles. The first-order valence-corrected chi connectivity index (χ1v) is 12.8. The predicted molar refractivity (Wildman–Crippen MR) is 136 cm³/mol. The molecule has 7 heteroatoms. The number of carbonyl (C=O) groups is 2. The van der Waals surface area contributed by atoms with Crippen molar-refractivity contribution in [3.63, 3.8) is 0 Å². The van der Waals surface area contributed by atoms with Gasteiger partial charge in [0.25, 0.3) is 0 Å². The number of carbonyl (C=O) groups excluding carboxylic acids is 2. The van der Waals surface area contributed by atoms with Crippen molar-refractivity contribution in [2.75, 3.05) is 5.75 Å². The standard InChI is InChI=1S/C25H32Cl2N2O2S/c1-5-18(4)28-25(31)23(6-2)29(14-20-10-11-21(26)13-22(20)27)24(30)16-32-15-19-9-7-8-17(3)12-19/h7-13,18,23H,5-6,14-16H2,1-4H3,(H,28,31)/t18-,23-/m0/s1. The Hall–Kier alpha value is -1.69. The van der Waals surface area contributed by atoms with Crippen molar-refractivity contribution in [2.24, 2.45) is 0 Å². The summed E-state index contributed by atoms with van der Waals surface area (Å²) in [6.45, 7) is 8.21. The zero-order valence-corrected chi connectivity index (χ0v) is 21.5. The number of benzene rings is 2. The summed E-state index contributed by atoms with van der Waals surface area (Å²) >= 11 is 14.0. The molecule has 2 amide bonds. The molecular weight excluding hydrogens is 463 g/mol. The molecule has 0 unspecified atom stereocenters. The van der Waals surface area contributed by atoms with Crippen LogP contribution in [0.5, 0.6) is 0 Å². The molecule has 0 bridgehead atoms. The van der Waals surface area contributed by atoms with Gasteiger partial charge < -0.3 is 10.2 Å². The summed E-state index contributed by atoms with van der Waals surface area (Å²) < 4.78 is 0. The van der Waals surface area contributed by atoms with Crippen LogP contribution in [0.4, 0.5) is 0 Å². The summed E-state index contributed by atoms with van der Waals surface area (Å²) in [5.74, 6) is 0.800. The molecule has 0 aliphatic heterocycles. The minimum Gasteiger partial charge on any atom is -0.352 e. The van der Waals surface area contributed by atoms with Gasteiger partial charge in [-0.25, -0.2) is 0 Å². The van der Waals surface area contributed by atoms with E-state index >= 15 is 0 Å². The Morgan fingerprint density at radius 2 is 1.84 bits per heavy atom. The quantitative estimate of drug-likeness (QED) is 0.401. The van der Waals surface area contributed by atoms with Crippen LogP contribution in [0.25, 0.3) is 0 Å². The van der Waals surface area contributed by atoms with E-state index in [9.17, 15) is 9.59 Å². The van der Waals surface area contributed by atoms with Gasteiger partial charge in [0.1, 0.15) is 6.04 Å². The lowest BCUT2D eigenvalue weighted by Crippen LogP contribution is -2.51. The molecule has 4 nitrogen and oxygen atoms in total. The zero-order chi connectivity index (χ0) is 23.7. The molecule has 0 saturated heterocycles. The molecule has 0 aliphatic carbocycles. The summed E-state index contributed by atoms with van der Waals surface area (Å²) in [6, 6.07) is 13.0. The molecule has 0 heterocycles. The Kier molecular flexibility index (Phi) is 10.9. The Morgan fingerprint density at radius 1 is 1.09 bits per heavy atom. The molecular formula is C25H32Cl2N2O2S. The van der Waals surface area contributed by atoms with E-state index in [4.69, 9.17) is 23.2 Å². The third kappa shape index (κ3) is 8.02. The molecule has 2 atom stereocenters. The maximum atomic E-state index is 13.3. The second kappa shape index (κ2) is 13.1. The molecule has 32 heavy (non-hydrogen) atoms. The smallest absolute Gasteiger partial charge is 0.243 e. The van der Waals surface area contributed by atoms with Crippen molar-refractivity contribution in [1.82, 2.24) is 10.2 Å².